The second-order valence-corrected chi connectivity index (χ2v) is 8.41. The van der Waals surface area contributed by atoms with Gasteiger partial charge in [0.2, 0.25) is 0 Å². The molecule has 0 saturated carbocycles. The van der Waals surface area contributed by atoms with Crippen LogP contribution < -0.4 is 11.1 Å². The summed E-state index contributed by atoms with van der Waals surface area (Å²) in [6, 6.07) is 18.5. The van der Waals surface area contributed by atoms with Crippen LogP contribution in [0.2, 0.25) is 5.02 Å². The molecule has 0 N–H and O–H groups in total. The molecule has 0 saturated heterocycles. The molecule has 0 aliphatic carbocycles. The van der Waals surface area contributed by atoms with Gasteiger partial charge in [0.25, 0.3) is 11.1 Å². The van der Waals surface area contributed by atoms with E-state index in [1.165, 1.54) is 0 Å². The minimum atomic E-state index is -0.156. The predicted molar refractivity (Wildman–Crippen MR) is 132 cm³/mol. The Kier molecular flexibility index (Phi) is 5.56. The van der Waals surface area contributed by atoms with Gasteiger partial charge in [-0.15, -0.1) is 0 Å². The van der Waals surface area contributed by atoms with Gasteiger partial charge in [0.1, 0.15) is 6.67 Å². The van der Waals surface area contributed by atoms with Crippen LogP contribution in [0.3, 0.4) is 0 Å². The molecule has 0 radical (unpaired) electrons. The summed E-state index contributed by atoms with van der Waals surface area (Å²) < 4.78 is 5.16. The van der Waals surface area contributed by atoms with E-state index < -0.39 is 0 Å². The Labute approximate surface area is 194 Å². The number of rotatable bonds is 6. The van der Waals surface area contributed by atoms with Crippen LogP contribution in [-0.2, 0) is 13.1 Å². The first-order valence-electron chi connectivity index (χ1n) is 10.7. The average Bonchev–Trinajstić information content (AvgIpc) is 3.42. The van der Waals surface area contributed by atoms with Crippen molar-refractivity contribution in [3.63, 3.8) is 0 Å². The predicted octanol–water partition coefficient (Wildman–Crippen LogP) is 3.84. The molecule has 0 amide bonds. The maximum Gasteiger partial charge on any atom is 0.281 e. The first-order valence-corrected chi connectivity index (χ1v) is 11.1. The Hall–Kier alpha value is -3.71. The number of hydrogen-bond donors (Lipinski definition) is 0. The van der Waals surface area contributed by atoms with Crippen molar-refractivity contribution in [1.82, 2.24) is 13.9 Å². The van der Waals surface area contributed by atoms with Crippen molar-refractivity contribution < 1.29 is 0 Å². The van der Waals surface area contributed by atoms with Crippen molar-refractivity contribution >= 4 is 34.4 Å². The number of hydrogen-bond acceptors (Lipinski definition) is 4. The molecule has 1 aliphatic heterocycles. The van der Waals surface area contributed by atoms with E-state index in [1.54, 1.807) is 21.5 Å². The molecule has 0 atom stereocenters. The van der Waals surface area contributed by atoms with Crippen LogP contribution in [0.4, 0.5) is 0 Å². The van der Waals surface area contributed by atoms with Crippen LogP contribution in [0.1, 0.15) is 17.7 Å². The number of aromatic nitrogens is 3. The highest BCUT2D eigenvalue weighted by molar-refractivity contribution is 6.31. The lowest BCUT2D eigenvalue weighted by atomic mass is 10.2. The standard InChI is InChI=1S/C25H22ClN5O2/c1-17-24-22(13-23(32)29(17)12-11-20-14-27-16-28-20)30(15-18-7-9-19(26)10-8-18)31(25(24)33)21-5-3-2-4-6-21/h2-10,13-14H,11-12,15-16H2,1H3. The number of aryl methyl sites for hydroxylation is 1. The Morgan fingerprint density at radius 2 is 1.79 bits per heavy atom. The highest BCUT2D eigenvalue weighted by atomic mass is 35.5. The van der Waals surface area contributed by atoms with Crippen LogP contribution in [-0.4, -0.2) is 32.5 Å². The molecule has 0 unspecified atom stereocenters. The van der Waals surface area contributed by atoms with Gasteiger partial charge in [-0.25, -0.2) is 4.68 Å². The zero-order valence-electron chi connectivity index (χ0n) is 18.1. The van der Waals surface area contributed by atoms with E-state index in [4.69, 9.17) is 11.6 Å². The van der Waals surface area contributed by atoms with Crippen LogP contribution in [0, 0.1) is 6.92 Å². The van der Waals surface area contributed by atoms with E-state index in [2.05, 4.69) is 9.98 Å². The molecule has 33 heavy (non-hydrogen) atoms. The number of nitrogens with zero attached hydrogens (tertiary/aromatic N) is 5. The van der Waals surface area contributed by atoms with Gasteiger partial charge in [0, 0.05) is 36.0 Å². The fraction of sp³-hybridized carbons (Fsp3) is 0.200. The monoisotopic (exact) mass is 459 g/mol. The van der Waals surface area contributed by atoms with E-state index >= 15 is 0 Å². The zero-order chi connectivity index (χ0) is 22.9. The van der Waals surface area contributed by atoms with Crippen molar-refractivity contribution in [2.75, 3.05) is 6.67 Å². The summed E-state index contributed by atoms with van der Waals surface area (Å²) in [6.07, 6.45) is 2.33. The molecule has 4 aromatic rings. The Bertz CT molecular complexity index is 1510. The van der Waals surface area contributed by atoms with Crippen molar-refractivity contribution in [3.05, 3.63) is 97.7 Å². The number of pyridine rings is 1. The third-order valence-corrected chi connectivity index (χ3v) is 6.16. The van der Waals surface area contributed by atoms with Gasteiger partial charge in [0.05, 0.1) is 28.8 Å². The summed E-state index contributed by atoms with van der Waals surface area (Å²) in [4.78, 5) is 35.2. The van der Waals surface area contributed by atoms with Crippen molar-refractivity contribution in [2.45, 2.75) is 26.4 Å². The molecule has 0 spiro atoms. The van der Waals surface area contributed by atoms with Crippen LogP contribution >= 0.6 is 11.6 Å². The van der Waals surface area contributed by atoms with Crippen molar-refractivity contribution in [3.8, 4) is 5.69 Å². The Balaban J connectivity index is 1.69. The largest absolute Gasteiger partial charge is 0.312 e. The molecule has 3 heterocycles. The summed E-state index contributed by atoms with van der Waals surface area (Å²) in [5.74, 6) is 0. The number of para-hydroxylation sites is 1. The number of benzene rings is 2. The van der Waals surface area contributed by atoms with Crippen LogP contribution in [0.25, 0.3) is 16.6 Å². The highest BCUT2D eigenvalue weighted by Gasteiger charge is 2.20. The van der Waals surface area contributed by atoms with E-state index in [-0.39, 0.29) is 11.1 Å². The Morgan fingerprint density at radius 3 is 2.48 bits per heavy atom. The normalized spacial score (nSPS) is 13.1. The number of halogens is 1. The van der Waals surface area contributed by atoms with E-state index in [0.717, 1.165) is 17.0 Å². The smallest absolute Gasteiger partial charge is 0.281 e. The van der Waals surface area contributed by atoms with Gasteiger partial charge in [-0.05, 0) is 36.8 Å². The molecule has 8 heteroatoms. The first-order chi connectivity index (χ1) is 16.0. The molecular formula is C25H22ClN5O2. The topological polar surface area (TPSA) is 73.7 Å². The molecule has 166 valence electrons. The molecule has 5 rings (SSSR count). The van der Waals surface area contributed by atoms with Gasteiger partial charge >= 0.3 is 0 Å². The SMILES string of the molecule is Cc1c2c(=O)n(-c3ccccc3)n(Cc3ccc(Cl)cc3)c2cc(=O)n1CCC1=NCN=C1. The molecule has 0 bridgehead atoms. The summed E-state index contributed by atoms with van der Waals surface area (Å²) in [6.45, 7) is 3.13. The van der Waals surface area contributed by atoms with Gasteiger partial charge in [-0.1, -0.05) is 41.9 Å². The summed E-state index contributed by atoms with van der Waals surface area (Å²) in [5.41, 5.74) is 3.53. The minimum absolute atomic E-state index is 0.148. The van der Waals surface area contributed by atoms with Crippen LogP contribution in [0.15, 0.2) is 80.2 Å². The van der Waals surface area contributed by atoms with Gasteiger partial charge in [-0.3, -0.25) is 24.3 Å². The second-order valence-electron chi connectivity index (χ2n) is 7.97. The molecule has 1 aliphatic rings. The number of aliphatic imine (C=N–C) groups is 2. The summed E-state index contributed by atoms with van der Waals surface area (Å²) in [7, 11) is 0. The molecular weight excluding hydrogens is 438 g/mol. The molecule has 2 aromatic carbocycles. The average molecular weight is 460 g/mol. The highest BCUT2D eigenvalue weighted by Crippen LogP contribution is 2.20. The third kappa shape index (κ3) is 3.96. The second kappa shape index (κ2) is 8.67. The van der Waals surface area contributed by atoms with E-state index in [1.807, 2.05) is 66.2 Å². The van der Waals surface area contributed by atoms with E-state index in [0.29, 0.717) is 47.8 Å². The van der Waals surface area contributed by atoms with Gasteiger partial charge in [0.15, 0.2) is 0 Å². The lowest BCUT2D eigenvalue weighted by Crippen LogP contribution is -2.24. The van der Waals surface area contributed by atoms with Crippen molar-refractivity contribution in [2.24, 2.45) is 9.98 Å². The molecule has 7 nitrogen and oxygen atoms in total. The van der Waals surface area contributed by atoms with Crippen LogP contribution in [0.5, 0.6) is 0 Å². The maximum atomic E-state index is 13.7. The fourth-order valence-electron chi connectivity index (χ4n) is 4.25. The van der Waals surface area contributed by atoms with Gasteiger partial charge < -0.3 is 4.57 Å². The lowest BCUT2D eigenvalue weighted by Gasteiger charge is -2.14. The third-order valence-electron chi connectivity index (χ3n) is 5.91. The minimum Gasteiger partial charge on any atom is -0.312 e. The van der Waals surface area contributed by atoms with Gasteiger partial charge in [-0.2, -0.15) is 0 Å². The van der Waals surface area contributed by atoms with Crippen molar-refractivity contribution in [1.29, 1.82) is 0 Å². The number of fused-ring (bicyclic) bond motifs is 1. The summed E-state index contributed by atoms with van der Waals surface area (Å²) >= 11 is 6.05. The van der Waals surface area contributed by atoms with E-state index in [9.17, 15) is 9.59 Å². The quantitative estimate of drug-likeness (QED) is 0.439. The maximum absolute atomic E-state index is 13.7. The Morgan fingerprint density at radius 1 is 1.03 bits per heavy atom. The lowest BCUT2D eigenvalue weighted by molar-refractivity contribution is 0.611. The fourth-order valence-corrected chi connectivity index (χ4v) is 4.38. The first kappa shape index (κ1) is 21.2. The summed E-state index contributed by atoms with van der Waals surface area (Å²) in [5, 5.41) is 1.18. The molecule has 2 aromatic heterocycles. The molecule has 0 fully saturated rings. The zero-order valence-corrected chi connectivity index (χ0v) is 18.9.